The summed E-state index contributed by atoms with van der Waals surface area (Å²) in [6, 6.07) is 9.54. The molecule has 0 aliphatic carbocycles. The molecule has 0 saturated heterocycles. The van der Waals surface area contributed by atoms with Gasteiger partial charge in [-0.2, -0.15) is 0 Å². The molecule has 1 unspecified atom stereocenters. The molecule has 0 radical (unpaired) electrons. The third-order valence-corrected chi connectivity index (χ3v) is 1.62. The lowest BCUT2D eigenvalue weighted by Crippen LogP contribution is -2.19. The van der Waals surface area contributed by atoms with Crippen LogP contribution in [0, 0.1) is 0 Å². The minimum atomic E-state index is -1.83. The predicted molar refractivity (Wildman–Crippen MR) is 60.9 cm³/mol. The van der Waals surface area contributed by atoms with Crippen LogP contribution in [-0.4, -0.2) is 45.9 Å². The van der Waals surface area contributed by atoms with Crippen LogP contribution in [0.1, 0.15) is 5.56 Å². The van der Waals surface area contributed by atoms with Gasteiger partial charge in [-0.25, -0.2) is 14.6 Å². The van der Waals surface area contributed by atoms with Gasteiger partial charge in [0.25, 0.3) is 0 Å². The van der Waals surface area contributed by atoms with Crippen LogP contribution >= 0.6 is 0 Å². The molecule has 0 amide bonds. The van der Waals surface area contributed by atoms with E-state index in [2.05, 4.69) is 4.89 Å². The average molecular weight is 260 g/mol. The van der Waals surface area contributed by atoms with E-state index in [1.54, 1.807) is 0 Å². The first-order chi connectivity index (χ1) is 8.56. The third-order valence-electron chi connectivity index (χ3n) is 1.62. The number of benzene rings is 1. The molecule has 1 rings (SSSR count). The van der Waals surface area contributed by atoms with Crippen molar-refractivity contribution in [3.05, 3.63) is 35.9 Å². The number of aliphatic hydroxyl groups excluding tert-OH is 2. The van der Waals surface area contributed by atoms with Gasteiger partial charge in [-0.15, -0.1) is 0 Å². The van der Waals surface area contributed by atoms with E-state index in [-0.39, 0.29) is 13.2 Å². The molecule has 0 aliphatic rings. The fourth-order valence-corrected chi connectivity index (χ4v) is 0.863. The van der Waals surface area contributed by atoms with Crippen LogP contribution in [0.4, 0.5) is 4.79 Å². The van der Waals surface area contributed by atoms with Crippen LogP contribution in [0.15, 0.2) is 30.3 Å². The van der Waals surface area contributed by atoms with Gasteiger partial charge in [-0.1, -0.05) is 30.3 Å². The highest BCUT2D eigenvalue weighted by Crippen LogP contribution is 2.00. The lowest BCUT2D eigenvalue weighted by molar-refractivity contribution is -0.315. The zero-order valence-corrected chi connectivity index (χ0v) is 9.60. The van der Waals surface area contributed by atoms with E-state index in [9.17, 15) is 0 Å². The maximum absolute atomic E-state index is 8.90. The molecular weight excluding hydrogens is 244 g/mol. The van der Waals surface area contributed by atoms with Crippen LogP contribution < -0.4 is 0 Å². The molecule has 0 aliphatic heterocycles. The van der Waals surface area contributed by atoms with Crippen LogP contribution in [0.2, 0.25) is 0 Å². The molecule has 7 nitrogen and oxygen atoms in total. The van der Waals surface area contributed by atoms with Crippen molar-refractivity contribution >= 4 is 6.16 Å². The van der Waals surface area contributed by atoms with E-state index in [1.807, 2.05) is 30.3 Å². The minimum absolute atomic E-state index is 0.0245. The highest BCUT2D eigenvalue weighted by atomic mass is 17.2. The van der Waals surface area contributed by atoms with Crippen molar-refractivity contribution in [2.24, 2.45) is 0 Å². The van der Waals surface area contributed by atoms with Gasteiger partial charge in [-0.3, -0.25) is 0 Å². The molecule has 18 heavy (non-hydrogen) atoms. The SMILES string of the molecule is O=C(O)O.OCC(O)COOCc1ccccc1. The number of hydrogen-bond donors (Lipinski definition) is 4. The molecule has 0 saturated carbocycles. The second kappa shape index (κ2) is 10.5. The maximum atomic E-state index is 8.90. The van der Waals surface area contributed by atoms with Crippen LogP contribution in [-0.2, 0) is 16.4 Å². The highest BCUT2D eigenvalue weighted by molar-refractivity contribution is 5.53. The van der Waals surface area contributed by atoms with Gasteiger partial charge in [-0.05, 0) is 5.56 Å². The Bertz CT molecular complexity index is 310. The monoisotopic (exact) mass is 260 g/mol. The summed E-state index contributed by atoms with van der Waals surface area (Å²) in [5, 5.41) is 31.3. The molecular formula is C11H16O7. The Hall–Kier alpha value is -1.67. The van der Waals surface area contributed by atoms with Crippen molar-refractivity contribution in [3.63, 3.8) is 0 Å². The van der Waals surface area contributed by atoms with E-state index in [4.69, 9.17) is 30.1 Å². The Labute approximate surface area is 104 Å². The average Bonchev–Trinajstić information content (AvgIpc) is 2.35. The van der Waals surface area contributed by atoms with Crippen molar-refractivity contribution in [1.82, 2.24) is 0 Å². The predicted octanol–water partition coefficient (Wildman–Crippen LogP) is 0.710. The molecule has 102 valence electrons. The third kappa shape index (κ3) is 10.8. The van der Waals surface area contributed by atoms with E-state index < -0.39 is 12.3 Å². The fraction of sp³-hybridized carbons (Fsp3) is 0.364. The van der Waals surface area contributed by atoms with Crippen LogP contribution in [0.3, 0.4) is 0 Å². The second-order valence-corrected chi connectivity index (χ2v) is 3.15. The summed E-state index contributed by atoms with van der Waals surface area (Å²) in [7, 11) is 0. The topological polar surface area (TPSA) is 116 Å². The largest absolute Gasteiger partial charge is 0.503 e. The first kappa shape index (κ1) is 16.3. The second-order valence-electron chi connectivity index (χ2n) is 3.15. The molecule has 0 bridgehead atoms. The van der Waals surface area contributed by atoms with Gasteiger partial charge in [0, 0.05) is 0 Å². The van der Waals surface area contributed by atoms with Gasteiger partial charge in [0.2, 0.25) is 0 Å². The molecule has 0 aromatic heterocycles. The molecule has 4 N–H and O–H groups in total. The summed E-state index contributed by atoms with van der Waals surface area (Å²) >= 11 is 0. The molecule has 0 heterocycles. The standard InChI is InChI=1S/C10H14O4.CH2O3/c11-6-10(12)8-14-13-7-9-4-2-1-3-5-9;2-1(3)4/h1-5,10-12H,6-8H2;(H2,2,3,4). The first-order valence-corrected chi connectivity index (χ1v) is 5.05. The van der Waals surface area contributed by atoms with E-state index in [0.717, 1.165) is 5.56 Å². The Kier molecular flexibility index (Phi) is 9.51. The first-order valence-electron chi connectivity index (χ1n) is 5.05. The Morgan fingerprint density at radius 2 is 1.72 bits per heavy atom. The van der Waals surface area contributed by atoms with E-state index in [0.29, 0.717) is 6.61 Å². The number of carbonyl (C=O) groups is 1. The normalized spacial score (nSPS) is 11.2. The van der Waals surface area contributed by atoms with Crippen molar-refractivity contribution < 1.29 is 35.0 Å². The summed E-state index contributed by atoms with van der Waals surface area (Å²) < 4.78 is 0. The zero-order chi connectivity index (χ0) is 13.8. The number of carboxylic acid groups (broad SMARTS) is 2. The molecule has 7 heteroatoms. The summed E-state index contributed by atoms with van der Waals surface area (Å²) in [5.74, 6) is 0. The van der Waals surface area contributed by atoms with Crippen LogP contribution in [0.25, 0.3) is 0 Å². The summed E-state index contributed by atoms with van der Waals surface area (Å²) in [6.07, 6.45) is -2.72. The van der Waals surface area contributed by atoms with Crippen molar-refractivity contribution in [2.75, 3.05) is 13.2 Å². The Morgan fingerprint density at radius 1 is 1.17 bits per heavy atom. The molecule has 1 aromatic rings. The van der Waals surface area contributed by atoms with E-state index >= 15 is 0 Å². The fourth-order valence-electron chi connectivity index (χ4n) is 0.863. The number of aliphatic hydroxyl groups is 2. The quantitative estimate of drug-likeness (QED) is 0.338. The van der Waals surface area contributed by atoms with Gasteiger partial charge < -0.3 is 20.4 Å². The van der Waals surface area contributed by atoms with Gasteiger partial charge >= 0.3 is 6.16 Å². The summed E-state index contributed by atoms with van der Waals surface area (Å²) in [5.41, 5.74) is 0.992. The lowest BCUT2D eigenvalue weighted by atomic mass is 10.2. The smallest absolute Gasteiger partial charge is 0.450 e. The van der Waals surface area contributed by atoms with Crippen LogP contribution in [0.5, 0.6) is 0 Å². The Balaban J connectivity index is 0.000000631. The van der Waals surface area contributed by atoms with Gasteiger partial charge in [0.1, 0.15) is 19.3 Å². The zero-order valence-electron chi connectivity index (χ0n) is 9.60. The number of rotatable bonds is 6. The molecule has 1 aromatic carbocycles. The summed E-state index contributed by atoms with van der Waals surface area (Å²) in [4.78, 5) is 18.1. The molecule has 1 atom stereocenters. The van der Waals surface area contributed by atoms with Gasteiger partial charge in [0.05, 0.1) is 6.61 Å². The molecule has 0 fully saturated rings. The minimum Gasteiger partial charge on any atom is -0.450 e. The van der Waals surface area contributed by atoms with Crippen molar-refractivity contribution in [1.29, 1.82) is 0 Å². The van der Waals surface area contributed by atoms with Gasteiger partial charge in [0.15, 0.2) is 0 Å². The highest BCUT2D eigenvalue weighted by Gasteiger charge is 2.01. The Morgan fingerprint density at radius 3 is 2.22 bits per heavy atom. The maximum Gasteiger partial charge on any atom is 0.503 e. The summed E-state index contributed by atoms with van der Waals surface area (Å²) in [6.45, 7) is -0.0168. The van der Waals surface area contributed by atoms with E-state index in [1.165, 1.54) is 0 Å². The number of hydrogen-bond acceptors (Lipinski definition) is 5. The lowest BCUT2D eigenvalue weighted by Gasteiger charge is -2.07. The molecule has 0 spiro atoms. The van der Waals surface area contributed by atoms with Crippen molar-refractivity contribution in [2.45, 2.75) is 12.7 Å². The van der Waals surface area contributed by atoms with Crippen molar-refractivity contribution in [3.8, 4) is 0 Å².